The highest BCUT2D eigenvalue weighted by Crippen LogP contribution is 2.34. The predicted octanol–water partition coefficient (Wildman–Crippen LogP) is 12.7. The molecule has 12 aromatic rings. The highest BCUT2D eigenvalue weighted by Gasteiger charge is 2.20. The molecule has 1 N–H and O–H groups in total. The second kappa shape index (κ2) is 23.3. The van der Waals surface area contributed by atoms with Gasteiger partial charge in [-0.05, 0) is 83.4 Å². The van der Waals surface area contributed by atoms with Gasteiger partial charge in [-0.25, -0.2) is 0 Å². The fraction of sp³-hybridized carbons (Fsp3) is 0.115. The van der Waals surface area contributed by atoms with Crippen LogP contribution in [0, 0.1) is 0 Å². The number of furan rings is 3. The summed E-state index contributed by atoms with van der Waals surface area (Å²) in [6.45, 7) is 3.42. The van der Waals surface area contributed by atoms with E-state index in [1.54, 1.807) is 38.5 Å². The van der Waals surface area contributed by atoms with Gasteiger partial charge in [-0.2, -0.15) is 15.3 Å². The highest BCUT2D eigenvalue weighted by atomic mass is 16.5. The van der Waals surface area contributed by atoms with Gasteiger partial charge < -0.3 is 32.7 Å². The molecule has 0 saturated carbocycles. The van der Waals surface area contributed by atoms with Gasteiger partial charge in [0, 0.05) is 35.2 Å². The lowest BCUT2D eigenvalue weighted by molar-refractivity contribution is -0.142. The van der Waals surface area contributed by atoms with Crippen molar-refractivity contribution in [1.82, 2.24) is 29.3 Å². The third kappa shape index (κ3) is 11.6. The van der Waals surface area contributed by atoms with Crippen LogP contribution in [-0.4, -0.2) is 67.2 Å². The molecule has 0 radical (unpaired) electrons. The Hall–Kier alpha value is -10.2. The number of esters is 1. The Bertz CT molecular complexity index is 3960. The number of aldehydes is 1. The number of oxime groups is 1. The maximum absolute atomic E-state index is 11.0. The molecule has 0 aliphatic carbocycles. The summed E-state index contributed by atoms with van der Waals surface area (Å²) >= 11 is 0. The largest absolute Gasteiger partial charge is 0.497 e. The fourth-order valence-electron chi connectivity index (χ4n) is 8.77. The number of rotatable bonds is 15. The molecule has 6 aromatic carbocycles. The maximum Gasteiger partial charge on any atom is 0.303 e. The topological polar surface area (TPSA) is 187 Å². The monoisotopic (exact) mass is 1030 g/mol. The summed E-state index contributed by atoms with van der Waals surface area (Å²) in [7, 11) is 3.29. The van der Waals surface area contributed by atoms with Crippen molar-refractivity contribution < 1.29 is 42.3 Å². The molecular weight excluding hydrogens is 975 g/mol. The van der Waals surface area contributed by atoms with Crippen molar-refractivity contribution in [1.29, 1.82) is 0 Å². The Balaban J connectivity index is 0.000000131. The van der Waals surface area contributed by atoms with Crippen molar-refractivity contribution in [3.05, 3.63) is 222 Å². The number of ether oxygens (including phenoxy) is 3. The fourth-order valence-corrected chi connectivity index (χ4v) is 8.77. The summed E-state index contributed by atoms with van der Waals surface area (Å²) in [6, 6.07) is 60.8. The number of hydrogen-bond acceptors (Lipinski definition) is 13. The molecule has 0 aliphatic heterocycles. The van der Waals surface area contributed by atoms with Crippen LogP contribution in [0.25, 0.3) is 67.1 Å². The van der Waals surface area contributed by atoms with Crippen molar-refractivity contribution in [3.63, 3.8) is 0 Å². The highest BCUT2D eigenvalue weighted by molar-refractivity contribution is 5.95. The second-order valence-electron chi connectivity index (χ2n) is 17.6. The zero-order chi connectivity index (χ0) is 53.1. The summed E-state index contributed by atoms with van der Waals surface area (Å²) in [4.78, 5) is 21.9. The van der Waals surface area contributed by atoms with Gasteiger partial charge in [0.25, 0.3) is 0 Å². The Morgan fingerprint density at radius 2 is 0.948 bits per heavy atom. The van der Waals surface area contributed by atoms with Gasteiger partial charge in [0.2, 0.25) is 0 Å². The van der Waals surface area contributed by atoms with Gasteiger partial charge in [-0.1, -0.05) is 114 Å². The van der Waals surface area contributed by atoms with E-state index in [9.17, 15) is 9.59 Å². The molecule has 0 spiro atoms. The molecule has 6 heterocycles. The van der Waals surface area contributed by atoms with E-state index in [-0.39, 0.29) is 18.3 Å². The number of hydrogen-bond donors (Lipinski definition) is 1. The number of nitrogens with zero attached hydrogens (tertiary/aromatic N) is 7. The number of carbonyl (C=O) groups is 2. The summed E-state index contributed by atoms with van der Waals surface area (Å²) in [5.74, 6) is 4.38. The van der Waals surface area contributed by atoms with Gasteiger partial charge >= 0.3 is 5.97 Å². The first-order valence-electron chi connectivity index (χ1n) is 24.5. The molecular formula is C61H51N7O9. The van der Waals surface area contributed by atoms with E-state index in [1.807, 2.05) is 141 Å². The normalized spacial score (nSPS) is 11.1. The average Bonchev–Trinajstić information content (AvgIpc) is 4.38. The van der Waals surface area contributed by atoms with E-state index >= 15 is 0 Å². The van der Waals surface area contributed by atoms with Crippen LogP contribution in [0.15, 0.2) is 206 Å². The molecule has 16 nitrogen and oxygen atoms in total. The van der Waals surface area contributed by atoms with E-state index in [0.717, 1.165) is 66.7 Å². The van der Waals surface area contributed by atoms with Crippen LogP contribution >= 0.6 is 0 Å². The van der Waals surface area contributed by atoms with Crippen LogP contribution in [-0.2, 0) is 35.8 Å². The third-order valence-electron chi connectivity index (χ3n) is 12.4. The Labute approximate surface area is 441 Å². The molecule has 0 fully saturated rings. The summed E-state index contributed by atoms with van der Waals surface area (Å²) in [5, 5.41) is 28.8. The quantitative estimate of drug-likeness (QED) is 0.0337. The van der Waals surface area contributed by atoms with Gasteiger partial charge in [0.1, 0.15) is 52.9 Å². The van der Waals surface area contributed by atoms with Gasteiger partial charge in [-0.3, -0.25) is 23.6 Å². The zero-order valence-electron chi connectivity index (χ0n) is 42.2. The second-order valence-corrected chi connectivity index (χ2v) is 17.6. The summed E-state index contributed by atoms with van der Waals surface area (Å²) in [6.07, 6.45) is 1.95. The predicted molar refractivity (Wildman–Crippen MR) is 292 cm³/mol. The van der Waals surface area contributed by atoms with Crippen molar-refractivity contribution in [2.75, 3.05) is 14.2 Å². The lowest BCUT2D eigenvalue weighted by Gasteiger charge is -2.05. The Kier molecular flexibility index (Phi) is 15.2. The minimum atomic E-state index is -0.345. The van der Waals surface area contributed by atoms with E-state index in [4.69, 9.17) is 48.0 Å². The molecule has 384 valence electrons. The molecule has 0 saturated heterocycles. The third-order valence-corrected chi connectivity index (χ3v) is 12.4. The molecule has 6 aromatic heterocycles. The molecule has 0 bridgehead atoms. The first-order chi connectivity index (χ1) is 37.8. The molecule has 0 unspecified atom stereocenters. The van der Waals surface area contributed by atoms with E-state index < -0.39 is 0 Å². The van der Waals surface area contributed by atoms with Crippen LogP contribution < -0.4 is 9.47 Å². The molecule has 77 heavy (non-hydrogen) atoms. The van der Waals surface area contributed by atoms with Gasteiger partial charge in [0.05, 0.1) is 50.4 Å². The minimum Gasteiger partial charge on any atom is -0.497 e. The summed E-state index contributed by atoms with van der Waals surface area (Å²) < 4.78 is 38.7. The number of methoxy groups -OCH3 is 2. The standard InChI is InChI=1S/C22H20N2O4.C20H16N2O3.C19H15N3O2/c1-15(25)27-14-18-9-11-21(28-18)22-19-10-8-17(26-2)12-20(19)24(23-22)13-16-6-4-3-5-7-16;1-24-15-7-9-17-18(11-15)22(12-14-5-3-2-4-6-14)21-20(17)19-10-8-16(13-23)25-19;23-20-12-15-10-11-18(24-15)19-16-8-4-5-9-17(16)22(21-19)13-14-6-2-1-3-7-14/h3-12H,13-14H2,1-2H3;2-11,13H,12H2,1H3;1-12,23H,13H2/b;;20-12+. The van der Waals surface area contributed by atoms with Crippen molar-refractivity contribution >= 4 is 51.2 Å². The average molecular weight is 1030 g/mol. The smallest absolute Gasteiger partial charge is 0.303 e. The Morgan fingerprint density at radius 1 is 0.519 bits per heavy atom. The van der Waals surface area contributed by atoms with E-state index in [1.165, 1.54) is 18.7 Å². The zero-order valence-corrected chi connectivity index (χ0v) is 42.2. The van der Waals surface area contributed by atoms with Gasteiger partial charge in [0.15, 0.2) is 29.3 Å². The van der Waals surface area contributed by atoms with Crippen molar-refractivity contribution in [3.8, 4) is 45.9 Å². The SMILES string of the molecule is COc1ccc2c(-c3ccc(C=O)o3)nn(Cc3ccccc3)c2c1.COc1ccc2c(-c3ccc(COC(C)=O)o3)nn(Cc3ccccc3)c2c1.O/N=C/c1ccc(-c2nn(Cc3ccccc3)c3ccccc23)o1. The first-order valence-corrected chi connectivity index (χ1v) is 24.5. The van der Waals surface area contributed by atoms with Crippen LogP contribution in [0.2, 0.25) is 0 Å². The summed E-state index contributed by atoms with van der Waals surface area (Å²) in [5.41, 5.74) is 8.65. The maximum atomic E-state index is 11.0. The van der Waals surface area contributed by atoms with Crippen LogP contribution in [0.5, 0.6) is 11.5 Å². The lowest BCUT2D eigenvalue weighted by atomic mass is 10.1. The van der Waals surface area contributed by atoms with Crippen LogP contribution in [0.4, 0.5) is 0 Å². The van der Waals surface area contributed by atoms with Crippen molar-refractivity contribution in [2.45, 2.75) is 33.2 Å². The molecule has 12 rings (SSSR count). The van der Waals surface area contributed by atoms with Gasteiger partial charge in [-0.15, -0.1) is 0 Å². The first kappa shape index (κ1) is 50.3. The molecule has 0 atom stereocenters. The lowest BCUT2D eigenvalue weighted by Crippen LogP contribution is -2.01. The molecule has 0 aliphatic rings. The van der Waals surface area contributed by atoms with E-state index in [2.05, 4.69) is 41.6 Å². The number of benzene rings is 6. The van der Waals surface area contributed by atoms with E-state index in [0.29, 0.717) is 60.4 Å². The van der Waals surface area contributed by atoms with Crippen molar-refractivity contribution in [2.24, 2.45) is 5.16 Å². The van der Waals surface area contributed by atoms with Crippen LogP contribution in [0.1, 0.15) is 45.7 Å². The molecule has 0 amide bonds. The number of fused-ring (bicyclic) bond motifs is 3. The number of para-hydroxylation sites is 1. The van der Waals surface area contributed by atoms with Crippen LogP contribution in [0.3, 0.4) is 0 Å². The molecule has 16 heteroatoms. The Morgan fingerprint density at radius 3 is 1.42 bits per heavy atom. The minimum absolute atomic E-state index is 0.103. The number of carbonyl (C=O) groups excluding carboxylic acids is 2. The number of aromatic nitrogens is 6.